The first kappa shape index (κ1) is 16.5. The van der Waals surface area contributed by atoms with Gasteiger partial charge in [0.25, 0.3) is 0 Å². The molecular formula is C18H23N3O3. The minimum atomic E-state index is 0.182. The summed E-state index contributed by atoms with van der Waals surface area (Å²) in [7, 11) is 1.63. The molecule has 6 heteroatoms. The van der Waals surface area contributed by atoms with E-state index in [0.29, 0.717) is 24.6 Å². The second-order valence-electron chi connectivity index (χ2n) is 6.02. The SMILES string of the molecule is COc1ccc(-c2nnc(CCC(=O)N3CCCCCC3)o2)cc1. The molecule has 0 saturated carbocycles. The summed E-state index contributed by atoms with van der Waals surface area (Å²) >= 11 is 0. The van der Waals surface area contributed by atoms with E-state index in [0.717, 1.165) is 37.2 Å². The van der Waals surface area contributed by atoms with Crippen LogP contribution in [-0.2, 0) is 11.2 Å². The predicted octanol–water partition coefficient (Wildman–Crippen LogP) is 3.08. The number of carbonyl (C=O) groups excluding carboxylic acids is 1. The van der Waals surface area contributed by atoms with Gasteiger partial charge in [-0.15, -0.1) is 10.2 Å². The quantitative estimate of drug-likeness (QED) is 0.843. The molecule has 0 aliphatic carbocycles. The van der Waals surface area contributed by atoms with E-state index in [1.54, 1.807) is 7.11 Å². The van der Waals surface area contributed by atoms with Crippen LogP contribution in [0.15, 0.2) is 28.7 Å². The summed E-state index contributed by atoms with van der Waals surface area (Å²) < 4.78 is 10.8. The lowest BCUT2D eigenvalue weighted by Gasteiger charge is -2.19. The highest BCUT2D eigenvalue weighted by atomic mass is 16.5. The Morgan fingerprint density at radius 3 is 2.50 bits per heavy atom. The first-order valence-corrected chi connectivity index (χ1v) is 8.51. The van der Waals surface area contributed by atoms with Gasteiger partial charge in [-0.25, -0.2) is 0 Å². The van der Waals surface area contributed by atoms with E-state index < -0.39 is 0 Å². The van der Waals surface area contributed by atoms with Gasteiger partial charge < -0.3 is 14.1 Å². The van der Waals surface area contributed by atoms with Crippen LogP contribution in [0.2, 0.25) is 0 Å². The molecule has 24 heavy (non-hydrogen) atoms. The topological polar surface area (TPSA) is 68.5 Å². The van der Waals surface area contributed by atoms with Crippen molar-refractivity contribution in [2.24, 2.45) is 0 Å². The first-order valence-electron chi connectivity index (χ1n) is 8.51. The summed E-state index contributed by atoms with van der Waals surface area (Å²) in [5.41, 5.74) is 0.841. The average Bonchev–Trinajstić information content (AvgIpc) is 2.92. The van der Waals surface area contributed by atoms with Gasteiger partial charge >= 0.3 is 0 Å². The Hall–Kier alpha value is -2.37. The average molecular weight is 329 g/mol. The van der Waals surface area contributed by atoms with Crippen LogP contribution in [0, 0.1) is 0 Å². The van der Waals surface area contributed by atoms with Crippen molar-refractivity contribution in [3.05, 3.63) is 30.2 Å². The largest absolute Gasteiger partial charge is 0.497 e. The minimum absolute atomic E-state index is 0.182. The Morgan fingerprint density at radius 1 is 1.12 bits per heavy atom. The zero-order valence-electron chi connectivity index (χ0n) is 14.0. The van der Waals surface area contributed by atoms with Crippen LogP contribution in [-0.4, -0.2) is 41.2 Å². The van der Waals surface area contributed by atoms with Crippen molar-refractivity contribution in [2.45, 2.75) is 38.5 Å². The molecule has 2 heterocycles. The highest BCUT2D eigenvalue weighted by Gasteiger charge is 2.17. The molecule has 2 aromatic rings. The smallest absolute Gasteiger partial charge is 0.247 e. The Kier molecular flexibility index (Phi) is 5.46. The number of carbonyl (C=O) groups is 1. The fourth-order valence-corrected chi connectivity index (χ4v) is 2.90. The standard InChI is InChI=1S/C18H23N3O3/c1-23-15-8-6-14(7-9-15)18-20-19-16(24-18)10-11-17(22)21-12-4-2-3-5-13-21/h6-9H,2-5,10-13H2,1H3. The Morgan fingerprint density at radius 2 is 1.83 bits per heavy atom. The van der Waals surface area contributed by atoms with Gasteiger partial charge in [-0.3, -0.25) is 4.79 Å². The van der Waals surface area contributed by atoms with E-state index in [1.165, 1.54) is 12.8 Å². The van der Waals surface area contributed by atoms with E-state index in [4.69, 9.17) is 9.15 Å². The molecule has 0 spiro atoms. The summed E-state index contributed by atoms with van der Waals surface area (Å²) in [6.07, 6.45) is 5.56. The normalized spacial score (nSPS) is 15.1. The molecule has 1 aromatic heterocycles. The fourth-order valence-electron chi connectivity index (χ4n) is 2.90. The Bertz CT molecular complexity index is 658. The lowest BCUT2D eigenvalue weighted by Crippen LogP contribution is -2.31. The molecule has 1 amide bonds. The van der Waals surface area contributed by atoms with Crippen LogP contribution in [0.4, 0.5) is 0 Å². The number of hydrogen-bond donors (Lipinski definition) is 0. The summed E-state index contributed by atoms with van der Waals surface area (Å²) in [4.78, 5) is 14.3. The highest BCUT2D eigenvalue weighted by molar-refractivity contribution is 5.76. The molecule has 1 fully saturated rings. The molecule has 1 aliphatic rings. The molecule has 0 N–H and O–H groups in total. The van der Waals surface area contributed by atoms with Crippen molar-refractivity contribution in [3.8, 4) is 17.2 Å². The van der Waals surface area contributed by atoms with Crippen molar-refractivity contribution >= 4 is 5.91 Å². The maximum absolute atomic E-state index is 12.3. The monoisotopic (exact) mass is 329 g/mol. The third kappa shape index (κ3) is 4.13. The third-order valence-corrected chi connectivity index (χ3v) is 4.32. The number of hydrogen-bond acceptors (Lipinski definition) is 5. The van der Waals surface area contributed by atoms with E-state index >= 15 is 0 Å². The van der Waals surface area contributed by atoms with Crippen LogP contribution in [0.3, 0.4) is 0 Å². The van der Waals surface area contributed by atoms with E-state index in [1.807, 2.05) is 29.2 Å². The molecule has 3 rings (SSSR count). The second-order valence-corrected chi connectivity index (χ2v) is 6.02. The molecule has 0 atom stereocenters. The maximum atomic E-state index is 12.3. The van der Waals surface area contributed by atoms with Gasteiger partial charge in [0.2, 0.25) is 17.7 Å². The third-order valence-electron chi connectivity index (χ3n) is 4.32. The lowest BCUT2D eigenvalue weighted by atomic mass is 10.2. The van der Waals surface area contributed by atoms with Crippen molar-refractivity contribution in [2.75, 3.05) is 20.2 Å². The summed E-state index contributed by atoms with van der Waals surface area (Å²) in [6.45, 7) is 1.75. The number of aromatic nitrogens is 2. The van der Waals surface area contributed by atoms with Gasteiger partial charge in [-0.1, -0.05) is 12.8 Å². The number of nitrogens with zero attached hydrogens (tertiary/aromatic N) is 3. The number of benzene rings is 1. The van der Waals surface area contributed by atoms with Gasteiger partial charge in [0.15, 0.2) is 0 Å². The van der Waals surface area contributed by atoms with Crippen molar-refractivity contribution in [1.82, 2.24) is 15.1 Å². The van der Waals surface area contributed by atoms with Crippen LogP contribution < -0.4 is 4.74 Å². The molecule has 0 unspecified atom stereocenters. The molecule has 6 nitrogen and oxygen atoms in total. The van der Waals surface area contributed by atoms with Gasteiger partial charge in [-0.2, -0.15) is 0 Å². The van der Waals surface area contributed by atoms with E-state index in [2.05, 4.69) is 10.2 Å². The van der Waals surface area contributed by atoms with Crippen LogP contribution in [0.1, 0.15) is 38.0 Å². The zero-order chi connectivity index (χ0) is 16.8. The lowest BCUT2D eigenvalue weighted by molar-refractivity contribution is -0.131. The van der Waals surface area contributed by atoms with Crippen LogP contribution >= 0.6 is 0 Å². The minimum Gasteiger partial charge on any atom is -0.497 e. The molecular weight excluding hydrogens is 306 g/mol. The first-order chi connectivity index (χ1) is 11.8. The maximum Gasteiger partial charge on any atom is 0.247 e. The molecule has 128 valence electrons. The number of ether oxygens (including phenoxy) is 1. The summed E-state index contributed by atoms with van der Waals surface area (Å²) in [5.74, 6) is 1.93. The van der Waals surface area contributed by atoms with Gasteiger partial charge in [-0.05, 0) is 37.1 Å². The van der Waals surface area contributed by atoms with Crippen molar-refractivity contribution in [3.63, 3.8) is 0 Å². The van der Waals surface area contributed by atoms with Crippen LogP contribution in [0.25, 0.3) is 11.5 Å². The fraction of sp³-hybridized carbons (Fsp3) is 0.500. The zero-order valence-corrected chi connectivity index (χ0v) is 14.0. The highest BCUT2D eigenvalue weighted by Crippen LogP contribution is 2.21. The summed E-state index contributed by atoms with van der Waals surface area (Å²) in [6, 6.07) is 7.45. The number of aryl methyl sites for hydroxylation is 1. The van der Waals surface area contributed by atoms with E-state index in [9.17, 15) is 4.79 Å². The van der Waals surface area contributed by atoms with Crippen molar-refractivity contribution in [1.29, 1.82) is 0 Å². The molecule has 1 saturated heterocycles. The number of amides is 1. The van der Waals surface area contributed by atoms with Gasteiger partial charge in [0.1, 0.15) is 5.75 Å². The number of likely N-dealkylation sites (tertiary alicyclic amines) is 1. The summed E-state index contributed by atoms with van der Waals surface area (Å²) in [5, 5.41) is 8.12. The second kappa shape index (κ2) is 7.95. The van der Waals surface area contributed by atoms with Gasteiger partial charge in [0.05, 0.1) is 7.11 Å². The molecule has 0 radical (unpaired) electrons. The molecule has 0 bridgehead atoms. The number of rotatable bonds is 5. The molecule has 1 aromatic carbocycles. The van der Waals surface area contributed by atoms with E-state index in [-0.39, 0.29) is 5.91 Å². The van der Waals surface area contributed by atoms with Crippen LogP contribution in [0.5, 0.6) is 5.75 Å². The number of methoxy groups -OCH3 is 1. The van der Waals surface area contributed by atoms with Crippen molar-refractivity contribution < 1.29 is 13.9 Å². The molecule has 1 aliphatic heterocycles. The Labute approximate surface area is 141 Å². The van der Waals surface area contributed by atoms with Gasteiger partial charge in [0, 0.05) is 31.5 Å². The predicted molar refractivity (Wildman–Crippen MR) is 89.7 cm³/mol. The Balaban J connectivity index is 1.56.